The second-order valence-electron chi connectivity index (χ2n) is 7.20. The van der Waals surface area contributed by atoms with Crippen molar-refractivity contribution < 1.29 is 23.1 Å². The Hall–Kier alpha value is -3.39. The van der Waals surface area contributed by atoms with Crippen molar-refractivity contribution in [2.75, 3.05) is 23.9 Å². The molecule has 0 saturated heterocycles. The van der Waals surface area contributed by atoms with E-state index in [-0.39, 0.29) is 29.8 Å². The third-order valence-electron chi connectivity index (χ3n) is 5.08. The fraction of sp³-hybridized carbons (Fsp3) is 0.167. The highest BCUT2D eigenvalue weighted by molar-refractivity contribution is 7.99. The van der Waals surface area contributed by atoms with Crippen molar-refractivity contribution in [3.8, 4) is 5.75 Å². The number of methoxy groups -OCH3 is 1. The Labute approximate surface area is 188 Å². The van der Waals surface area contributed by atoms with E-state index >= 15 is 0 Å². The molecule has 0 aliphatic carbocycles. The van der Waals surface area contributed by atoms with Gasteiger partial charge in [0.15, 0.2) is 0 Å². The van der Waals surface area contributed by atoms with Gasteiger partial charge in [0, 0.05) is 22.6 Å². The lowest BCUT2D eigenvalue weighted by atomic mass is 10.1. The number of nitrogens with one attached hydrogen (secondary N) is 1. The standard InChI is InChI=1S/C24H20F2N2O3S/c1-31-17-9-6-15(7-10-17)22-13-24(30)28(20-4-2-3-5-21(20)32-22)14-23(29)27-19-11-8-16(25)12-18(19)26/h2-12,22H,13-14H2,1H3,(H,27,29)/t22-/m1/s1. The Morgan fingerprint density at radius 1 is 1.12 bits per heavy atom. The first-order valence-electron chi connectivity index (χ1n) is 9.89. The molecular formula is C24H20F2N2O3S. The summed E-state index contributed by atoms with van der Waals surface area (Å²) in [6.07, 6.45) is 0.184. The number of benzene rings is 3. The quantitative estimate of drug-likeness (QED) is 0.577. The van der Waals surface area contributed by atoms with Gasteiger partial charge in [0.05, 0.1) is 18.5 Å². The van der Waals surface area contributed by atoms with Crippen molar-refractivity contribution in [1.82, 2.24) is 0 Å². The van der Waals surface area contributed by atoms with Crippen LogP contribution >= 0.6 is 11.8 Å². The molecule has 3 aromatic carbocycles. The molecule has 0 unspecified atom stereocenters. The number of amides is 2. The molecule has 0 spiro atoms. The van der Waals surface area contributed by atoms with Gasteiger partial charge in [-0.2, -0.15) is 0 Å². The number of rotatable bonds is 5. The Bertz CT molecular complexity index is 1150. The average molecular weight is 454 g/mol. The zero-order valence-corrected chi connectivity index (χ0v) is 18.0. The molecule has 5 nitrogen and oxygen atoms in total. The molecule has 0 radical (unpaired) electrons. The van der Waals surface area contributed by atoms with Crippen molar-refractivity contribution in [3.05, 3.63) is 83.9 Å². The lowest BCUT2D eigenvalue weighted by Crippen LogP contribution is -2.38. The minimum Gasteiger partial charge on any atom is -0.497 e. The van der Waals surface area contributed by atoms with Gasteiger partial charge in [-0.25, -0.2) is 8.78 Å². The second kappa shape index (κ2) is 9.40. The van der Waals surface area contributed by atoms with Gasteiger partial charge in [-0.15, -0.1) is 11.8 Å². The molecule has 4 rings (SSSR count). The monoisotopic (exact) mass is 454 g/mol. The minimum absolute atomic E-state index is 0.141. The van der Waals surface area contributed by atoms with E-state index in [9.17, 15) is 18.4 Å². The Balaban J connectivity index is 1.57. The van der Waals surface area contributed by atoms with E-state index in [2.05, 4.69) is 5.32 Å². The zero-order valence-electron chi connectivity index (χ0n) is 17.2. The van der Waals surface area contributed by atoms with E-state index in [0.29, 0.717) is 11.8 Å². The zero-order chi connectivity index (χ0) is 22.7. The first-order valence-corrected chi connectivity index (χ1v) is 10.8. The van der Waals surface area contributed by atoms with Crippen LogP contribution in [0.2, 0.25) is 0 Å². The molecule has 1 aliphatic heterocycles. The summed E-state index contributed by atoms with van der Waals surface area (Å²) in [4.78, 5) is 28.1. The summed E-state index contributed by atoms with van der Waals surface area (Å²) < 4.78 is 32.2. The highest BCUT2D eigenvalue weighted by Crippen LogP contribution is 2.45. The number of ether oxygens (including phenoxy) is 1. The average Bonchev–Trinajstić information content (AvgIpc) is 2.92. The molecule has 1 aliphatic rings. The predicted octanol–water partition coefficient (Wildman–Crippen LogP) is 5.18. The number of fused-ring (bicyclic) bond motifs is 1. The van der Waals surface area contributed by atoms with Crippen molar-refractivity contribution in [2.45, 2.75) is 16.6 Å². The fourth-order valence-electron chi connectivity index (χ4n) is 3.48. The molecule has 1 heterocycles. The largest absolute Gasteiger partial charge is 0.497 e. The van der Waals surface area contributed by atoms with Crippen LogP contribution in [0.25, 0.3) is 0 Å². The summed E-state index contributed by atoms with van der Waals surface area (Å²) in [5.74, 6) is -1.69. The van der Waals surface area contributed by atoms with Crippen molar-refractivity contribution >= 4 is 35.0 Å². The smallest absolute Gasteiger partial charge is 0.244 e. The topological polar surface area (TPSA) is 58.6 Å². The van der Waals surface area contributed by atoms with Gasteiger partial charge in [0.1, 0.15) is 23.9 Å². The molecule has 2 amide bonds. The maximum Gasteiger partial charge on any atom is 0.244 e. The van der Waals surface area contributed by atoms with Crippen LogP contribution in [0.15, 0.2) is 71.6 Å². The fourth-order valence-corrected chi connectivity index (χ4v) is 4.76. The number of halogens is 2. The molecule has 3 aromatic rings. The first-order chi connectivity index (χ1) is 15.4. The lowest BCUT2D eigenvalue weighted by Gasteiger charge is -2.22. The van der Waals surface area contributed by atoms with Gasteiger partial charge in [0.25, 0.3) is 0 Å². The molecule has 164 valence electrons. The van der Waals surface area contributed by atoms with Gasteiger partial charge in [-0.05, 0) is 42.0 Å². The molecule has 0 aromatic heterocycles. The second-order valence-corrected chi connectivity index (χ2v) is 8.45. The highest BCUT2D eigenvalue weighted by Gasteiger charge is 2.30. The summed E-state index contributed by atoms with van der Waals surface area (Å²) in [5.41, 5.74) is 1.45. The number of thioether (sulfide) groups is 1. The molecule has 0 fully saturated rings. The summed E-state index contributed by atoms with van der Waals surface area (Å²) >= 11 is 1.55. The van der Waals surface area contributed by atoms with Crippen molar-refractivity contribution in [1.29, 1.82) is 0 Å². The predicted molar refractivity (Wildman–Crippen MR) is 120 cm³/mol. The van der Waals surface area contributed by atoms with Gasteiger partial charge < -0.3 is 15.0 Å². The molecular weight excluding hydrogens is 434 g/mol. The number of anilines is 2. The number of hydrogen-bond donors (Lipinski definition) is 1. The lowest BCUT2D eigenvalue weighted by molar-refractivity contribution is -0.121. The van der Waals surface area contributed by atoms with E-state index < -0.39 is 17.5 Å². The first kappa shape index (κ1) is 21.8. The van der Waals surface area contributed by atoms with Crippen molar-refractivity contribution in [3.63, 3.8) is 0 Å². The number of carbonyl (C=O) groups excluding carboxylic acids is 2. The van der Waals surface area contributed by atoms with Crippen LogP contribution in [0.3, 0.4) is 0 Å². The number of nitrogens with zero attached hydrogens (tertiary/aromatic N) is 1. The molecule has 32 heavy (non-hydrogen) atoms. The van der Waals surface area contributed by atoms with Crippen LogP contribution in [0.5, 0.6) is 5.75 Å². The van der Waals surface area contributed by atoms with E-state index in [1.165, 1.54) is 4.90 Å². The highest BCUT2D eigenvalue weighted by atomic mass is 32.2. The van der Waals surface area contributed by atoms with Gasteiger partial charge in [-0.1, -0.05) is 24.3 Å². The molecule has 1 N–H and O–H groups in total. The summed E-state index contributed by atoms with van der Waals surface area (Å²) in [7, 11) is 1.59. The van der Waals surface area contributed by atoms with Crippen LogP contribution in [-0.4, -0.2) is 25.5 Å². The van der Waals surface area contributed by atoms with Gasteiger partial charge in [0.2, 0.25) is 11.8 Å². The van der Waals surface area contributed by atoms with E-state index in [0.717, 1.165) is 28.3 Å². The third-order valence-corrected chi connectivity index (χ3v) is 6.40. The van der Waals surface area contributed by atoms with Gasteiger partial charge in [-0.3, -0.25) is 9.59 Å². The summed E-state index contributed by atoms with van der Waals surface area (Å²) in [5, 5.41) is 2.28. The van der Waals surface area contributed by atoms with E-state index in [1.54, 1.807) is 31.0 Å². The normalized spacial score (nSPS) is 15.7. The SMILES string of the molecule is COc1ccc([C@H]2CC(=O)N(CC(=O)Nc3ccc(F)cc3F)c3ccccc3S2)cc1. The van der Waals surface area contributed by atoms with E-state index in [4.69, 9.17) is 4.74 Å². The maximum atomic E-state index is 13.9. The van der Waals surface area contributed by atoms with E-state index in [1.807, 2.05) is 36.4 Å². The Kier molecular flexibility index (Phi) is 6.41. The minimum atomic E-state index is -0.879. The van der Waals surface area contributed by atoms with Crippen LogP contribution < -0.4 is 15.0 Å². The number of hydrogen-bond acceptors (Lipinski definition) is 4. The van der Waals surface area contributed by atoms with Crippen LogP contribution in [0.1, 0.15) is 17.2 Å². The maximum absolute atomic E-state index is 13.9. The Morgan fingerprint density at radius 3 is 2.59 bits per heavy atom. The van der Waals surface area contributed by atoms with Crippen LogP contribution in [0, 0.1) is 11.6 Å². The summed E-state index contributed by atoms with van der Waals surface area (Å²) in [6.45, 7) is -0.289. The molecule has 0 saturated carbocycles. The number of para-hydroxylation sites is 1. The van der Waals surface area contributed by atoms with Crippen LogP contribution in [-0.2, 0) is 9.59 Å². The Morgan fingerprint density at radius 2 is 1.88 bits per heavy atom. The third kappa shape index (κ3) is 4.75. The van der Waals surface area contributed by atoms with Gasteiger partial charge >= 0.3 is 0 Å². The van der Waals surface area contributed by atoms with Crippen LogP contribution in [0.4, 0.5) is 20.2 Å². The molecule has 8 heteroatoms. The van der Waals surface area contributed by atoms with Crippen molar-refractivity contribution in [2.24, 2.45) is 0 Å². The number of carbonyl (C=O) groups is 2. The molecule has 0 bridgehead atoms. The molecule has 1 atom stereocenters. The summed E-state index contributed by atoms with van der Waals surface area (Å²) in [6, 6.07) is 17.8.